The Kier molecular flexibility index (Phi) is 6.68. The van der Waals surface area contributed by atoms with E-state index in [1.807, 2.05) is 12.1 Å². The number of likely N-dealkylation sites (tertiary alicyclic amines) is 1. The number of carbonyl (C=O) groups is 1. The number of hydrogen-bond donors (Lipinski definition) is 1. The van der Waals surface area contributed by atoms with Gasteiger partial charge in [0.1, 0.15) is 0 Å². The largest absolute Gasteiger partial charge is 0.345 e. The van der Waals surface area contributed by atoms with Crippen molar-refractivity contribution in [2.45, 2.75) is 52.6 Å². The summed E-state index contributed by atoms with van der Waals surface area (Å²) in [6.07, 6.45) is 3.51. The zero-order chi connectivity index (χ0) is 19.2. The van der Waals surface area contributed by atoms with E-state index in [0.717, 1.165) is 30.0 Å². The quantitative estimate of drug-likeness (QED) is 0.773. The molecule has 27 heavy (non-hydrogen) atoms. The topological polar surface area (TPSA) is 32.3 Å². The summed E-state index contributed by atoms with van der Waals surface area (Å²) < 4.78 is 0. The summed E-state index contributed by atoms with van der Waals surface area (Å²) in [5, 5.41) is 3.18. The predicted octanol–water partition coefficient (Wildman–Crippen LogP) is 5.11. The van der Waals surface area contributed by atoms with Crippen molar-refractivity contribution in [2.75, 3.05) is 13.1 Å². The van der Waals surface area contributed by atoms with Gasteiger partial charge in [0.05, 0.1) is 6.04 Å². The summed E-state index contributed by atoms with van der Waals surface area (Å²) in [6, 6.07) is 16.6. The molecule has 0 aromatic heterocycles. The van der Waals surface area contributed by atoms with Crippen molar-refractivity contribution in [1.29, 1.82) is 0 Å². The highest BCUT2D eigenvalue weighted by atomic mass is 16.1. The molecular formula is C24H32N2O. The fraction of sp³-hybridized carbons (Fsp3) is 0.458. The third-order valence-corrected chi connectivity index (χ3v) is 5.56. The molecule has 0 bridgehead atoms. The second kappa shape index (κ2) is 9.18. The lowest BCUT2D eigenvalue weighted by Gasteiger charge is -2.30. The number of amides is 1. The molecule has 144 valence electrons. The molecule has 0 aliphatic carbocycles. The van der Waals surface area contributed by atoms with Crippen LogP contribution in [0.4, 0.5) is 0 Å². The van der Waals surface area contributed by atoms with Crippen molar-refractivity contribution in [3.8, 4) is 0 Å². The molecule has 1 heterocycles. The first-order valence-corrected chi connectivity index (χ1v) is 10.2. The Morgan fingerprint density at radius 1 is 1.15 bits per heavy atom. The molecular weight excluding hydrogens is 332 g/mol. The summed E-state index contributed by atoms with van der Waals surface area (Å²) in [7, 11) is 0. The molecule has 1 amide bonds. The normalized spacial score (nSPS) is 18.9. The third kappa shape index (κ3) is 5.43. The second-order valence-corrected chi connectivity index (χ2v) is 8.02. The fourth-order valence-corrected chi connectivity index (χ4v) is 3.91. The summed E-state index contributed by atoms with van der Waals surface area (Å²) >= 11 is 0. The van der Waals surface area contributed by atoms with Crippen LogP contribution in [-0.4, -0.2) is 23.9 Å². The van der Waals surface area contributed by atoms with Gasteiger partial charge in [0.15, 0.2) is 0 Å². The number of piperidine rings is 1. The lowest BCUT2D eigenvalue weighted by Crippen LogP contribution is -2.33. The van der Waals surface area contributed by atoms with Gasteiger partial charge in [0.25, 0.3) is 5.91 Å². The molecule has 0 radical (unpaired) electrons. The minimum absolute atomic E-state index is 0.000528. The third-order valence-electron chi connectivity index (χ3n) is 5.56. The molecule has 2 aromatic rings. The van der Waals surface area contributed by atoms with Crippen LogP contribution in [-0.2, 0) is 6.54 Å². The van der Waals surface area contributed by atoms with Gasteiger partial charge in [-0.2, -0.15) is 0 Å². The summed E-state index contributed by atoms with van der Waals surface area (Å²) in [5.41, 5.74) is 4.41. The van der Waals surface area contributed by atoms with Crippen LogP contribution in [0.2, 0.25) is 0 Å². The highest BCUT2D eigenvalue weighted by Gasteiger charge is 2.17. The Morgan fingerprint density at radius 2 is 1.85 bits per heavy atom. The first-order valence-electron chi connectivity index (χ1n) is 10.2. The maximum absolute atomic E-state index is 12.7. The van der Waals surface area contributed by atoms with E-state index in [2.05, 4.69) is 67.4 Å². The number of aryl methyl sites for hydroxylation is 1. The van der Waals surface area contributed by atoms with Crippen molar-refractivity contribution in [2.24, 2.45) is 5.92 Å². The van der Waals surface area contributed by atoms with E-state index >= 15 is 0 Å². The first kappa shape index (κ1) is 19.6. The van der Waals surface area contributed by atoms with Gasteiger partial charge in [-0.25, -0.2) is 0 Å². The summed E-state index contributed by atoms with van der Waals surface area (Å²) in [6.45, 7) is 9.85. The highest BCUT2D eigenvalue weighted by molar-refractivity contribution is 5.94. The number of carbonyl (C=O) groups excluding carboxylic acids is 1. The molecule has 3 heteroatoms. The molecule has 0 unspecified atom stereocenters. The molecule has 1 aliphatic heterocycles. The first-order chi connectivity index (χ1) is 13.0. The molecule has 3 nitrogen and oxygen atoms in total. The molecule has 0 saturated carbocycles. The van der Waals surface area contributed by atoms with Crippen molar-refractivity contribution >= 4 is 5.91 Å². The SMILES string of the molecule is CC[C@H](NC(=O)c1ccc(CN2CCC[C@H](C)C2)cc1)c1ccc(C)cc1. The van der Waals surface area contributed by atoms with Gasteiger partial charge in [-0.05, 0) is 61.9 Å². The van der Waals surface area contributed by atoms with E-state index in [9.17, 15) is 4.79 Å². The van der Waals surface area contributed by atoms with E-state index < -0.39 is 0 Å². The standard InChI is InChI=1S/C24H32N2O/c1-4-23(21-11-7-18(2)8-12-21)25-24(27)22-13-9-20(10-14-22)17-26-15-5-6-19(3)16-26/h7-14,19,23H,4-6,15-17H2,1-3H3,(H,25,27)/t19-,23-/m0/s1. The Labute approximate surface area is 163 Å². The van der Waals surface area contributed by atoms with E-state index in [1.165, 1.54) is 37.1 Å². The van der Waals surface area contributed by atoms with Gasteiger partial charge in [-0.1, -0.05) is 55.8 Å². The van der Waals surface area contributed by atoms with Crippen LogP contribution in [0.15, 0.2) is 48.5 Å². The molecule has 3 rings (SSSR count). The van der Waals surface area contributed by atoms with Crippen LogP contribution < -0.4 is 5.32 Å². The Morgan fingerprint density at radius 3 is 2.48 bits per heavy atom. The Balaban J connectivity index is 1.60. The molecule has 0 spiro atoms. The second-order valence-electron chi connectivity index (χ2n) is 8.02. The molecule has 2 aromatic carbocycles. The van der Waals surface area contributed by atoms with Crippen LogP contribution in [0.25, 0.3) is 0 Å². The Hall–Kier alpha value is -2.13. The summed E-state index contributed by atoms with van der Waals surface area (Å²) in [5.74, 6) is 0.789. The maximum Gasteiger partial charge on any atom is 0.251 e. The molecule has 2 atom stereocenters. The van der Waals surface area contributed by atoms with Gasteiger partial charge < -0.3 is 5.32 Å². The van der Waals surface area contributed by atoms with Crippen molar-refractivity contribution in [3.05, 3.63) is 70.8 Å². The molecule has 1 fully saturated rings. The van der Waals surface area contributed by atoms with Crippen molar-refractivity contribution < 1.29 is 4.79 Å². The predicted molar refractivity (Wildman–Crippen MR) is 112 cm³/mol. The van der Waals surface area contributed by atoms with Gasteiger partial charge in [0, 0.05) is 18.7 Å². The van der Waals surface area contributed by atoms with Gasteiger partial charge in [-0.3, -0.25) is 9.69 Å². The fourth-order valence-electron chi connectivity index (χ4n) is 3.91. The van der Waals surface area contributed by atoms with Crippen LogP contribution >= 0.6 is 0 Å². The van der Waals surface area contributed by atoms with Crippen LogP contribution in [0.3, 0.4) is 0 Å². The van der Waals surface area contributed by atoms with E-state index in [-0.39, 0.29) is 11.9 Å². The molecule has 1 N–H and O–H groups in total. The molecule has 1 aliphatic rings. The van der Waals surface area contributed by atoms with E-state index in [0.29, 0.717) is 0 Å². The van der Waals surface area contributed by atoms with Gasteiger partial charge >= 0.3 is 0 Å². The average Bonchev–Trinajstić information content (AvgIpc) is 2.67. The van der Waals surface area contributed by atoms with E-state index in [1.54, 1.807) is 0 Å². The minimum atomic E-state index is 0.000528. The zero-order valence-electron chi connectivity index (χ0n) is 16.9. The lowest BCUT2D eigenvalue weighted by atomic mass is 9.99. The van der Waals surface area contributed by atoms with Crippen LogP contribution in [0, 0.1) is 12.8 Å². The smallest absolute Gasteiger partial charge is 0.251 e. The highest BCUT2D eigenvalue weighted by Crippen LogP contribution is 2.20. The average molecular weight is 365 g/mol. The number of hydrogen-bond acceptors (Lipinski definition) is 2. The van der Waals surface area contributed by atoms with Crippen LogP contribution in [0.1, 0.15) is 66.2 Å². The zero-order valence-corrected chi connectivity index (χ0v) is 16.9. The lowest BCUT2D eigenvalue weighted by molar-refractivity contribution is 0.0935. The number of benzene rings is 2. The van der Waals surface area contributed by atoms with Crippen LogP contribution in [0.5, 0.6) is 0 Å². The number of nitrogens with zero attached hydrogens (tertiary/aromatic N) is 1. The van der Waals surface area contributed by atoms with Crippen molar-refractivity contribution in [3.63, 3.8) is 0 Å². The minimum Gasteiger partial charge on any atom is -0.345 e. The maximum atomic E-state index is 12.7. The molecule has 1 saturated heterocycles. The summed E-state index contributed by atoms with van der Waals surface area (Å²) in [4.78, 5) is 15.2. The van der Waals surface area contributed by atoms with Gasteiger partial charge in [-0.15, -0.1) is 0 Å². The van der Waals surface area contributed by atoms with Gasteiger partial charge in [0.2, 0.25) is 0 Å². The number of nitrogens with one attached hydrogen (secondary N) is 1. The van der Waals surface area contributed by atoms with Crippen molar-refractivity contribution in [1.82, 2.24) is 10.2 Å². The monoisotopic (exact) mass is 364 g/mol. The number of rotatable bonds is 6. The Bertz CT molecular complexity index is 736. The van der Waals surface area contributed by atoms with E-state index in [4.69, 9.17) is 0 Å².